The molecule has 1 aromatic heterocycles. The van der Waals surface area contributed by atoms with Crippen LogP contribution in [0.25, 0.3) is 10.1 Å². The molecule has 2 aromatic rings. The zero-order chi connectivity index (χ0) is 15.7. The molecule has 0 spiro atoms. The van der Waals surface area contributed by atoms with Gasteiger partial charge in [0.15, 0.2) is 0 Å². The number of nitrogens with two attached hydrogens (primary N) is 1. The minimum atomic E-state index is 0.0510. The molecule has 1 aromatic carbocycles. The van der Waals surface area contributed by atoms with Gasteiger partial charge in [0.05, 0.1) is 5.69 Å². The summed E-state index contributed by atoms with van der Waals surface area (Å²) in [5.41, 5.74) is 8.03. The first kappa shape index (κ1) is 15.8. The van der Waals surface area contributed by atoms with Gasteiger partial charge >= 0.3 is 0 Å². The first-order valence-corrected chi connectivity index (χ1v) is 8.22. The molecule has 0 aliphatic carbocycles. The Morgan fingerprint density at radius 3 is 2.52 bits per heavy atom. The highest BCUT2D eigenvalue weighted by Gasteiger charge is 2.24. The molecule has 1 heterocycles. The van der Waals surface area contributed by atoms with E-state index in [0.29, 0.717) is 16.5 Å². The van der Waals surface area contributed by atoms with Crippen molar-refractivity contribution in [3.8, 4) is 0 Å². The molecule has 0 aliphatic rings. The van der Waals surface area contributed by atoms with E-state index in [1.807, 2.05) is 30.9 Å². The molecule has 0 saturated heterocycles. The predicted octanol–water partition coefficient (Wildman–Crippen LogP) is 4.30. The van der Waals surface area contributed by atoms with Gasteiger partial charge in [-0.2, -0.15) is 0 Å². The molecule has 2 rings (SSSR count). The van der Waals surface area contributed by atoms with Gasteiger partial charge in [0.2, 0.25) is 0 Å². The molecule has 0 fully saturated rings. The maximum Gasteiger partial charge on any atom is 0.266 e. The van der Waals surface area contributed by atoms with Crippen molar-refractivity contribution in [3.63, 3.8) is 0 Å². The maximum atomic E-state index is 12.9. The third kappa shape index (κ3) is 3.21. The first-order valence-electron chi connectivity index (χ1n) is 7.40. The number of carbonyl (C=O) groups is 1. The molecule has 2 N–H and O–H groups in total. The lowest BCUT2D eigenvalue weighted by Crippen LogP contribution is -2.39. The molecule has 21 heavy (non-hydrogen) atoms. The number of hydrogen-bond donors (Lipinski definition) is 1. The monoisotopic (exact) mass is 304 g/mol. The molecule has 4 heteroatoms. The second kappa shape index (κ2) is 6.06. The minimum absolute atomic E-state index is 0.0510. The van der Waals surface area contributed by atoms with E-state index in [1.165, 1.54) is 16.9 Å². The molecule has 3 nitrogen and oxygen atoms in total. The van der Waals surface area contributed by atoms with Crippen LogP contribution in [0.3, 0.4) is 0 Å². The van der Waals surface area contributed by atoms with Gasteiger partial charge in [0, 0.05) is 22.7 Å². The van der Waals surface area contributed by atoms with Crippen molar-refractivity contribution in [1.82, 2.24) is 4.90 Å². The summed E-state index contributed by atoms with van der Waals surface area (Å²) in [5.74, 6) is 0.490. The molecule has 0 radical (unpaired) electrons. The Bertz CT molecular complexity index is 658. The second-order valence-corrected chi connectivity index (χ2v) is 7.34. The first-order chi connectivity index (χ1) is 9.81. The van der Waals surface area contributed by atoms with Crippen LogP contribution in [0.4, 0.5) is 5.69 Å². The zero-order valence-electron chi connectivity index (χ0n) is 13.4. The topological polar surface area (TPSA) is 46.3 Å². The van der Waals surface area contributed by atoms with Crippen LogP contribution in [-0.2, 0) is 0 Å². The summed E-state index contributed by atoms with van der Waals surface area (Å²) < 4.78 is 1.09. The summed E-state index contributed by atoms with van der Waals surface area (Å²) >= 11 is 1.50. The lowest BCUT2D eigenvalue weighted by atomic mass is 10.1. The lowest BCUT2D eigenvalue weighted by Gasteiger charge is -2.28. The Labute approximate surface area is 130 Å². The Hall–Kier alpha value is -1.55. The van der Waals surface area contributed by atoms with E-state index < -0.39 is 0 Å². The standard InChI is InChI=1S/C17H24N2OS/c1-10(2)9-19(11(3)4)17(20)16-15(18)13-7-6-12(5)8-14(13)21-16/h6-8,10-11H,9,18H2,1-5H3. The van der Waals surface area contributed by atoms with Crippen LogP contribution < -0.4 is 5.73 Å². The minimum Gasteiger partial charge on any atom is -0.397 e. The van der Waals surface area contributed by atoms with E-state index in [4.69, 9.17) is 5.73 Å². The highest BCUT2D eigenvalue weighted by Crippen LogP contribution is 2.35. The Morgan fingerprint density at radius 2 is 1.95 bits per heavy atom. The van der Waals surface area contributed by atoms with Crippen molar-refractivity contribution in [1.29, 1.82) is 0 Å². The van der Waals surface area contributed by atoms with Gasteiger partial charge in [-0.3, -0.25) is 4.79 Å². The number of benzene rings is 1. The van der Waals surface area contributed by atoms with E-state index >= 15 is 0 Å². The van der Waals surface area contributed by atoms with Crippen molar-refractivity contribution in [2.45, 2.75) is 40.7 Å². The molecule has 1 amide bonds. The summed E-state index contributed by atoms with van der Waals surface area (Å²) in [5, 5.41) is 0.988. The quantitative estimate of drug-likeness (QED) is 0.915. The summed E-state index contributed by atoms with van der Waals surface area (Å²) in [7, 11) is 0. The summed E-state index contributed by atoms with van der Waals surface area (Å²) in [6, 6.07) is 6.31. The van der Waals surface area contributed by atoms with E-state index in [9.17, 15) is 4.79 Å². The zero-order valence-corrected chi connectivity index (χ0v) is 14.3. The summed E-state index contributed by atoms with van der Waals surface area (Å²) in [4.78, 5) is 15.4. The molecule has 114 valence electrons. The van der Waals surface area contributed by atoms with E-state index in [1.54, 1.807) is 0 Å². The third-order valence-electron chi connectivity index (χ3n) is 3.52. The summed E-state index contributed by atoms with van der Waals surface area (Å²) in [6.07, 6.45) is 0. The highest BCUT2D eigenvalue weighted by atomic mass is 32.1. The van der Waals surface area contributed by atoms with Gasteiger partial charge in [-0.1, -0.05) is 26.0 Å². The number of amides is 1. The van der Waals surface area contributed by atoms with Crippen molar-refractivity contribution in [3.05, 3.63) is 28.6 Å². The largest absolute Gasteiger partial charge is 0.397 e. The van der Waals surface area contributed by atoms with Crippen molar-refractivity contribution in [2.75, 3.05) is 12.3 Å². The fraction of sp³-hybridized carbons (Fsp3) is 0.471. The predicted molar refractivity (Wildman–Crippen MR) is 92.0 cm³/mol. The fourth-order valence-corrected chi connectivity index (χ4v) is 3.61. The third-order valence-corrected chi connectivity index (χ3v) is 4.68. The van der Waals surface area contributed by atoms with Crippen LogP contribution in [0.5, 0.6) is 0 Å². The molecule has 0 bridgehead atoms. The highest BCUT2D eigenvalue weighted by molar-refractivity contribution is 7.21. The SMILES string of the molecule is Cc1ccc2c(N)c(C(=O)N(CC(C)C)C(C)C)sc2c1. The average molecular weight is 304 g/mol. The normalized spacial score (nSPS) is 11.6. The van der Waals surface area contributed by atoms with E-state index in [2.05, 4.69) is 26.8 Å². The van der Waals surface area contributed by atoms with Gasteiger partial charge in [-0.25, -0.2) is 0 Å². The maximum absolute atomic E-state index is 12.9. The number of aryl methyl sites for hydroxylation is 1. The number of thiophene rings is 1. The van der Waals surface area contributed by atoms with Gasteiger partial charge < -0.3 is 10.6 Å². The van der Waals surface area contributed by atoms with Crippen LogP contribution in [0.1, 0.15) is 42.9 Å². The summed E-state index contributed by atoms with van der Waals surface area (Å²) in [6.45, 7) is 11.2. The Morgan fingerprint density at radius 1 is 1.29 bits per heavy atom. The van der Waals surface area contributed by atoms with E-state index in [-0.39, 0.29) is 11.9 Å². The number of anilines is 1. The molecule has 0 saturated carbocycles. The molecule has 0 unspecified atom stereocenters. The number of hydrogen-bond acceptors (Lipinski definition) is 3. The number of carbonyl (C=O) groups excluding carboxylic acids is 1. The van der Waals surface area contributed by atoms with Crippen LogP contribution in [0, 0.1) is 12.8 Å². The fourth-order valence-electron chi connectivity index (χ4n) is 2.43. The molecule has 0 atom stereocenters. The number of rotatable bonds is 4. The van der Waals surface area contributed by atoms with Crippen molar-refractivity contribution >= 4 is 33.0 Å². The van der Waals surface area contributed by atoms with Crippen molar-refractivity contribution < 1.29 is 4.79 Å². The van der Waals surface area contributed by atoms with Crippen LogP contribution >= 0.6 is 11.3 Å². The Balaban J connectivity index is 2.44. The van der Waals surface area contributed by atoms with Gasteiger partial charge in [0.1, 0.15) is 4.88 Å². The van der Waals surface area contributed by atoms with Gasteiger partial charge in [-0.15, -0.1) is 11.3 Å². The van der Waals surface area contributed by atoms with E-state index in [0.717, 1.165) is 16.6 Å². The number of fused-ring (bicyclic) bond motifs is 1. The molecular weight excluding hydrogens is 280 g/mol. The van der Waals surface area contributed by atoms with Crippen molar-refractivity contribution in [2.24, 2.45) is 5.92 Å². The molecule has 0 aliphatic heterocycles. The second-order valence-electron chi connectivity index (χ2n) is 6.29. The molecular formula is C17H24N2OS. The van der Waals surface area contributed by atoms with Crippen LogP contribution in [0.2, 0.25) is 0 Å². The Kier molecular flexibility index (Phi) is 4.57. The average Bonchev–Trinajstić information content (AvgIpc) is 2.71. The lowest BCUT2D eigenvalue weighted by molar-refractivity contribution is 0.0688. The number of nitrogen functional groups attached to an aromatic ring is 1. The number of nitrogens with zero attached hydrogens (tertiary/aromatic N) is 1. The van der Waals surface area contributed by atoms with Crippen LogP contribution in [0.15, 0.2) is 18.2 Å². The van der Waals surface area contributed by atoms with Gasteiger partial charge in [-0.05, 0) is 38.3 Å². The smallest absolute Gasteiger partial charge is 0.266 e. The van der Waals surface area contributed by atoms with Gasteiger partial charge in [0.25, 0.3) is 5.91 Å². The van der Waals surface area contributed by atoms with Crippen LogP contribution in [-0.4, -0.2) is 23.4 Å².